The van der Waals surface area contributed by atoms with Crippen molar-refractivity contribution in [2.24, 2.45) is 0 Å². The summed E-state index contributed by atoms with van der Waals surface area (Å²) in [6, 6.07) is 1.96. The van der Waals surface area contributed by atoms with Crippen molar-refractivity contribution in [3.63, 3.8) is 0 Å². The highest BCUT2D eigenvalue weighted by Crippen LogP contribution is 2.11. The molecule has 0 radical (unpaired) electrons. The van der Waals surface area contributed by atoms with Crippen LogP contribution in [0.4, 0.5) is 0 Å². The number of hydrogen-bond donors (Lipinski definition) is 0. The Bertz CT molecular complexity index is 1460. The molecule has 0 amide bonds. The molecule has 39 heavy (non-hydrogen) atoms. The molecule has 6 heteroatoms. The molecule has 0 saturated heterocycles. The van der Waals surface area contributed by atoms with Crippen LogP contribution in [0.2, 0.25) is 25.7 Å². The fraction of sp³-hybridized carbons (Fsp3) is 0.303. The van der Waals surface area contributed by atoms with E-state index in [0.717, 1.165) is 12.1 Å². The second-order valence-electron chi connectivity index (χ2n) is 7.93. The van der Waals surface area contributed by atoms with Crippen molar-refractivity contribution in [2.75, 3.05) is 26.2 Å². The van der Waals surface area contributed by atoms with Crippen LogP contribution in [-0.2, 0) is 19.0 Å². The Labute approximate surface area is 237 Å². The zero-order chi connectivity index (χ0) is 28.7. The van der Waals surface area contributed by atoms with Gasteiger partial charge in [0.05, 0.1) is 12.4 Å². The van der Waals surface area contributed by atoms with Gasteiger partial charge in [0, 0.05) is 38.8 Å². The van der Waals surface area contributed by atoms with Crippen molar-refractivity contribution in [1.29, 1.82) is 0 Å². The second kappa shape index (κ2) is 26.4. The van der Waals surface area contributed by atoms with E-state index in [1.54, 1.807) is 6.92 Å². The van der Waals surface area contributed by atoms with E-state index in [1.165, 1.54) is 12.3 Å². The fourth-order valence-electron chi connectivity index (χ4n) is 1.81. The maximum absolute atomic E-state index is 10.7. The summed E-state index contributed by atoms with van der Waals surface area (Å²) in [6.07, 6.45) is 3.34. The molecule has 4 nitrogen and oxygen atoms in total. The van der Waals surface area contributed by atoms with Crippen molar-refractivity contribution in [1.82, 2.24) is 0 Å². The van der Waals surface area contributed by atoms with Gasteiger partial charge in [-0.25, -0.2) is 0 Å². The predicted octanol–water partition coefficient (Wildman–Crippen LogP) is 3.14. The molecule has 0 aromatic carbocycles. The Hall–Kier alpha value is -4.62. The monoisotopic (exact) mass is 546 g/mol. The molecule has 2 atom stereocenters. The van der Waals surface area contributed by atoms with Crippen molar-refractivity contribution in [2.45, 2.75) is 38.7 Å². The molecule has 192 valence electrons. The summed E-state index contributed by atoms with van der Waals surface area (Å²) in [5, 5.41) is 0. The van der Waals surface area contributed by atoms with Gasteiger partial charge in [-0.05, 0) is 108 Å². The minimum atomic E-state index is -1.13. The van der Waals surface area contributed by atoms with Gasteiger partial charge in [0.1, 0.15) is 19.4 Å². The molecule has 2 unspecified atom stereocenters. The average molecular weight is 547 g/mol. The third kappa shape index (κ3) is 29.5. The summed E-state index contributed by atoms with van der Waals surface area (Å²) in [5.41, 5.74) is 0. The van der Waals surface area contributed by atoms with Crippen molar-refractivity contribution in [3.8, 4) is 118 Å². The second-order valence-corrected chi connectivity index (χ2v) is 14.6. The zero-order valence-electron chi connectivity index (χ0n) is 22.5. The molecule has 0 aromatic heterocycles. The first-order valence-electron chi connectivity index (χ1n) is 11.5. The highest BCUT2D eigenvalue weighted by Gasteiger charge is 2.13. The molecular formula is C33H27O4PSi. The highest BCUT2D eigenvalue weighted by molar-refractivity contribution is 7.55. The summed E-state index contributed by atoms with van der Waals surface area (Å²) < 4.78 is 16.7. The first-order chi connectivity index (χ1) is 19.0. The van der Waals surface area contributed by atoms with E-state index in [2.05, 4.69) is 138 Å². The standard InChI is InChI=1S/C33H27O4PSi/c1-5-6-7-8-9-10-11-12-13-14-15-16-17-18-19-20-21-22-23-24-25-26-35-29-33(30-38-31-34)37-32-36-27-28-39(2,3)4/h25-26,31,33,38H,27-30,32H2,1-4H3/b26-25-. The molecule has 0 aliphatic carbocycles. The van der Waals surface area contributed by atoms with Gasteiger partial charge in [0.2, 0.25) is 0 Å². The number of carbonyl (C=O) groups excluding carboxylic acids is 1. The molecule has 0 N–H and O–H groups in total. The first kappa shape index (κ1) is 34.4. The van der Waals surface area contributed by atoms with Crippen molar-refractivity contribution < 1.29 is 19.0 Å². The van der Waals surface area contributed by atoms with E-state index in [9.17, 15) is 4.79 Å². The quantitative estimate of drug-likeness (QED) is 0.0718. The van der Waals surface area contributed by atoms with Gasteiger partial charge in [-0.15, -0.1) is 0 Å². The molecule has 0 aliphatic heterocycles. The molecule has 0 rings (SSSR count). The van der Waals surface area contributed by atoms with Crippen LogP contribution >= 0.6 is 8.58 Å². The zero-order valence-corrected chi connectivity index (χ0v) is 24.5. The lowest BCUT2D eigenvalue weighted by Crippen LogP contribution is -2.25. The van der Waals surface area contributed by atoms with Crippen molar-refractivity contribution in [3.05, 3.63) is 12.3 Å². The minimum absolute atomic E-state index is 0.153. The highest BCUT2D eigenvalue weighted by atomic mass is 31.1. The molecule has 0 bridgehead atoms. The maximum Gasteiger partial charge on any atom is 0.147 e. The van der Waals surface area contributed by atoms with E-state index in [1.807, 2.05) is 0 Å². The molecule has 0 saturated carbocycles. The average Bonchev–Trinajstić information content (AvgIpc) is 2.90. The molecule has 0 fully saturated rings. The number of ether oxygens (including phenoxy) is 3. The molecule has 0 aromatic rings. The Morgan fingerprint density at radius 3 is 1.69 bits per heavy atom. The lowest BCUT2D eigenvalue weighted by molar-refractivity contribution is -0.0926. The molecule has 0 heterocycles. The van der Waals surface area contributed by atoms with Gasteiger partial charge in [-0.3, -0.25) is 4.79 Å². The van der Waals surface area contributed by atoms with Crippen LogP contribution in [0.3, 0.4) is 0 Å². The summed E-state index contributed by atoms with van der Waals surface area (Å²) >= 11 is 0. The smallest absolute Gasteiger partial charge is 0.147 e. The van der Waals surface area contributed by atoms with Gasteiger partial charge in [-0.2, -0.15) is 0 Å². The third-order valence-corrected chi connectivity index (χ3v) is 6.16. The Morgan fingerprint density at radius 2 is 1.23 bits per heavy atom. The third-order valence-electron chi connectivity index (χ3n) is 3.60. The topological polar surface area (TPSA) is 44.8 Å². The molecular weight excluding hydrogens is 519 g/mol. The van der Waals surface area contributed by atoms with E-state index < -0.39 is 8.07 Å². The van der Waals surface area contributed by atoms with Gasteiger partial charge in [0.15, 0.2) is 0 Å². The van der Waals surface area contributed by atoms with Crippen LogP contribution in [0, 0.1) is 118 Å². The minimum Gasteiger partial charge on any atom is -0.498 e. The summed E-state index contributed by atoms with van der Waals surface area (Å²) in [5.74, 6) is 51.0. The Kier molecular flexibility index (Phi) is 23.3. The van der Waals surface area contributed by atoms with Crippen LogP contribution < -0.4 is 0 Å². The number of rotatable bonds is 12. The van der Waals surface area contributed by atoms with Gasteiger partial charge in [0.25, 0.3) is 0 Å². The largest absolute Gasteiger partial charge is 0.498 e. The SMILES string of the molecule is CC#CC#CC#CC#CC#CC#CC#CC#CC#CC#C/C=C\OCC(CPC=O)OCOCC[Si](C)(C)C. The predicted molar refractivity (Wildman–Crippen MR) is 162 cm³/mol. The summed E-state index contributed by atoms with van der Waals surface area (Å²) in [7, 11) is -0.979. The normalized spacial score (nSPS) is 9.03. The van der Waals surface area contributed by atoms with Crippen LogP contribution in [0.15, 0.2) is 12.3 Å². The lowest BCUT2D eigenvalue weighted by Gasteiger charge is -2.18. The van der Waals surface area contributed by atoms with Crippen LogP contribution in [0.5, 0.6) is 0 Å². The summed E-state index contributed by atoms with van der Waals surface area (Å²) in [4.78, 5) is 10.7. The van der Waals surface area contributed by atoms with Crippen LogP contribution in [-0.4, -0.2) is 46.4 Å². The van der Waals surface area contributed by atoms with Gasteiger partial charge < -0.3 is 14.2 Å². The summed E-state index contributed by atoms with van der Waals surface area (Å²) in [6.45, 7) is 9.73. The van der Waals surface area contributed by atoms with Crippen molar-refractivity contribution >= 4 is 22.7 Å². The Balaban J connectivity index is 4.38. The number of hydrogen-bond acceptors (Lipinski definition) is 4. The van der Waals surface area contributed by atoms with E-state index in [-0.39, 0.29) is 21.5 Å². The number of carbonyl (C=O) groups is 1. The van der Waals surface area contributed by atoms with E-state index in [4.69, 9.17) is 14.2 Å². The first-order valence-corrected chi connectivity index (χ1v) is 16.5. The van der Waals surface area contributed by atoms with Crippen LogP contribution in [0.1, 0.15) is 6.92 Å². The molecule has 0 aliphatic rings. The lowest BCUT2D eigenvalue weighted by atomic mass is 10.4. The molecule has 0 spiro atoms. The maximum atomic E-state index is 10.7. The van der Waals surface area contributed by atoms with Gasteiger partial charge in [-0.1, -0.05) is 40.1 Å². The number of allylic oxidation sites excluding steroid dienone is 1. The van der Waals surface area contributed by atoms with Gasteiger partial charge >= 0.3 is 0 Å². The van der Waals surface area contributed by atoms with E-state index >= 15 is 0 Å². The van der Waals surface area contributed by atoms with E-state index in [0.29, 0.717) is 19.4 Å². The Morgan fingerprint density at radius 1 is 0.744 bits per heavy atom. The van der Waals surface area contributed by atoms with Crippen LogP contribution in [0.25, 0.3) is 0 Å². The fourth-order valence-corrected chi connectivity index (χ4v) is 3.16.